The van der Waals surface area contributed by atoms with Crippen LogP contribution in [0.2, 0.25) is 0 Å². The number of ether oxygens (including phenoxy) is 1. The number of nitrogens with one attached hydrogen (secondary N) is 1. The average molecular weight is 568 g/mol. The first-order valence-corrected chi connectivity index (χ1v) is 16.0. The molecule has 224 valence electrons. The molecule has 3 heterocycles. The summed E-state index contributed by atoms with van der Waals surface area (Å²) >= 11 is 0. The number of hydrogen-bond acceptors (Lipinski definition) is 4. The minimum absolute atomic E-state index is 0.232. The van der Waals surface area contributed by atoms with Crippen LogP contribution >= 0.6 is 0 Å². The SMILES string of the molecule is CCN(CC)C(=O)C[C@H]1CN2CC[C@@H]1[C@H](NCc1cc(C(C)C)ccc1OC)[C@H]2C(c1ccccc1)c1ccccc1. The van der Waals surface area contributed by atoms with Gasteiger partial charge in [-0.1, -0.05) is 86.6 Å². The Bertz CT molecular complexity index is 1250. The Kier molecular flexibility index (Phi) is 10.0. The van der Waals surface area contributed by atoms with Gasteiger partial charge in [0.15, 0.2) is 0 Å². The van der Waals surface area contributed by atoms with E-state index in [9.17, 15) is 4.79 Å². The summed E-state index contributed by atoms with van der Waals surface area (Å²) in [6.07, 6.45) is 1.74. The van der Waals surface area contributed by atoms with Gasteiger partial charge in [-0.25, -0.2) is 0 Å². The smallest absolute Gasteiger partial charge is 0.222 e. The number of amides is 1. The van der Waals surface area contributed by atoms with Crippen molar-refractivity contribution in [1.29, 1.82) is 0 Å². The number of hydrogen-bond donors (Lipinski definition) is 1. The van der Waals surface area contributed by atoms with E-state index in [2.05, 4.69) is 117 Å². The number of carbonyl (C=O) groups excluding carboxylic acids is 1. The van der Waals surface area contributed by atoms with Gasteiger partial charge in [0.1, 0.15) is 5.75 Å². The maximum Gasteiger partial charge on any atom is 0.222 e. The van der Waals surface area contributed by atoms with Crippen LogP contribution in [0.15, 0.2) is 78.9 Å². The summed E-state index contributed by atoms with van der Waals surface area (Å²) in [5.74, 6) is 2.68. The highest BCUT2D eigenvalue weighted by Gasteiger charge is 2.50. The summed E-state index contributed by atoms with van der Waals surface area (Å²) < 4.78 is 5.82. The molecule has 0 radical (unpaired) electrons. The lowest BCUT2D eigenvalue weighted by atomic mass is 9.65. The van der Waals surface area contributed by atoms with Crippen LogP contribution in [0.5, 0.6) is 5.75 Å². The van der Waals surface area contributed by atoms with E-state index < -0.39 is 0 Å². The molecule has 5 heteroatoms. The van der Waals surface area contributed by atoms with Gasteiger partial charge in [-0.15, -0.1) is 0 Å². The molecule has 1 amide bonds. The third-order valence-corrected chi connectivity index (χ3v) is 9.79. The summed E-state index contributed by atoms with van der Waals surface area (Å²) in [5, 5.41) is 4.09. The van der Waals surface area contributed by atoms with Gasteiger partial charge in [0.05, 0.1) is 7.11 Å². The van der Waals surface area contributed by atoms with Gasteiger partial charge in [0.2, 0.25) is 5.91 Å². The molecule has 3 aliphatic rings. The second-order valence-corrected chi connectivity index (χ2v) is 12.4. The van der Waals surface area contributed by atoms with Crippen LogP contribution in [-0.2, 0) is 11.3 Å². The Labute approximate surface area is 253 Å². The van der Waals surface area contributed by atoms with Crippen LogP contribution < -0.4 is 10.1 Å². The minimum atomic E-state index is 0.232. The average Bonchev–Trinajstić information content (AvgIpc) is 3.02. The molecule has 6 rings (SSSR count). The van der Waals surface area contributed by atoms with E-state index in [0.717, 1.165) is 44.9 Å². The number of piperidine rings is 3. The van der Waals surface area contributed by atoms with E-state index in [-0.39, 0.29) is 18.0 Å². The molecule has 3 aromatic carbocycles. The van der Waals surface area contributed by atoms with Gasteiger partial charge in [-0.3, -0.25) is 9.69 Å². The number of rotatable bonds is 12. The fraction of sp³-hybridized carbons (Fsp3) is 0.486. The van der Waals surface area contributed by atoms with Gasteiger partial charge in [0, 0.05) is 56.2 Å². The molecule has 1 N–H and O–H groups in total. The van der Waals surface area contributed by atoms with Crippen molar-refractivity contribution in [2.24, 2.45) is 11.8 Å². The molecule has 3 fully saturated rings. The molecule has 0 spiro atoms. The number of nitrogens with zero attached hydrogens (tertiary/aromatic N) is 2. The standard InChI is InChI=1S/C37H49N3O2/c1-6-39(7-2)34(41)23-31-25-40-21-20-32(31)36(38-24-30-22-29(26(3)4)18-19-33(30)42-5)37(40)35(27-14-10-8-11-15-27)28-16-12-9-13-17-28/h8-19,22,26,31-32,35-38H,6-7,20-21,23-25H2,1-5H3/t31-,32-,36-,37+/m0/s1. The van der Waals surface area contributed by atoms with Crippen molar-refractivity contribution >= 4 is 5.91 Å². The molecule has 0 aromatic heterocycles. The molecular weight excluding hydrogens is 518 g/mol. The highest BCUT2D eigenvalue weighted by molar-refractivity contribution is 5.76. The van der Waals surface area contributed by atoms with Crippen molar-refractivity contribution in [1.82, 2.24) is 15.1 Å². The summed E-state index contributed by atoms with van der Waals surface area (Å²) in [7, 11) is 1.76. The van der Waals surface area contributed by atoms with Crippen molar-refractivity contribution in [2.75, 3.05) is 33.3 Å². The molecule has 3 aliphatic heterocycles. The topological polar surface area (TPSA) is 44.8 Å². The number of fused-ring (bicyclic) bond motifs is 3. The maximum absolute atomic E-state index is 13.3. The highest BCUT2D eigenvalue weighted by atomic mass is 16.5. The van der Waals surface area contributed by atoms with Crippen LogP contribution in [0.4, 0.5) is 0 Å². The van der Waals surface area contributed by atoms with Gasteiger partial charge in [-0.05, 0) is 67.3 Å². The molecule has 42 heavy (non-hydrogen) atoms. The van der Waals surface area contributed by atoms with Crippen LogP contribution in [0.3, 0.4) is 0 Å². The molecule has 0 aliphatic carbocycles. The molecule has 3 aromatic rings. The fourth-order valence-corrected chi connectivity index (χ4v) is 7.57. The van der Waals surface area contributed by atoms with Crippen LogP contribution in [0, 0.1) is 11.8 Å². The zero-order chi connectivity index (χ0) is 29.6. The van der Waals surface area contributed by atoms with E-state index in [1.165, 1.54) is 22.3 Å². The highest BCUT2D eigenvalue weighted by Crippen LogP contribution is 2.45. The second kappa shape index (κ2) is 13.9. The van der Waals surface area contributed by atoms with Gasteiger partial charge < -0.3 is 15.0 Å². The Morgan fingerprint density at radius 2 is 1.60 bits per heavy atom. The van der Waals surface area contributed by atoms with Gasteiger partial charge in [-0.2, -0.15) is 0 Å². The van der Waals surface area contributed by atoms with E-state index in [1.807, 2.05) is 4.90 Å². The Morgan fingerprint density at radius 3 is 2.17 bits per heavy atom. The maximum atomic E-state index is 13.3. The molecule has 0 saturated carbocycles. The Hall–Kier alpha value is -3.15. The first kappa shape index (κ1) is 30.3. The third kappa shape index (κ3) is 6.43. The predicted octanol–water partition coefficient (Wildman–Crippen LogP) is 6.69. The number of benzene rings is 3. The van der Waals surface area contributed by atoms with Crippen molar-refractivity contribution in [3.8, 4) is 5.75 Å². The molecule has 3 saturated heterocycles. The lowest BCUT2D eigenvalue weighted by Gasteiger charge is -2.57. The van der Waals surface area contributed by atoms with Crippen LogP contribution in [0.1, 0.15) is 74.6 Å². The summed E-state index contributed by atoms with van der Waals surface area (Å²) in [5.41, 5.74) is 5.23. The lowest BCUT2D eigenvalue weighted by Crippen LogP contribution is -2.67. The largest absolute Gasteiger partial charge is 0.496 e. The third-order valence-electron chi connectivity index (χ3n) is 9.79. The quantitative estimate of drug-likeness (QED) is 0.265. The summed E-state index contributed by atoms with van der Waals surface area (Å²) in [6.45, 7) is 13.0. The lowest BCUT2D eigenvalue weighted by molar-refractivity contribution is -0.134. The van der Waals surface area contributed by atoms with E-state index in [0.29, 0.717) is 30.1 Å². The Morgan fingerprint density at radius 1 is 0.952 bits per heavy atom. The monoisotopic (exact) mass is 567 g/mol. The van der Waals surface area contributed by atoms with Crippen molar-refractivity contribution < 1.29 is 9.53 Å². The number of carbonyl (C=O) groups is 1. The van der Waals surface area contributed by atoms with Crippen molar-refractivity contribution in [3.63, 3.8) is 0 Å². The molecule has 2 bridgehead atoms. The first-order chi connectivity index (χ1) is 20.4. The van der Waals surface area contributed by atoms with E-state index in [4.69, 9.17) is 4.74 Å². The zero-order valence-corrected chi connectivity index (χ0v) is 26.1. The molecule has 5 atom stereocenters. The summed E-state index contributed by atoms with van der Waals surface area (Å²) in [6, 6.07) is 29.1. The van der Waals surface area contributed by atoms with Gasteiger partial charge in [0.25, 0.3) is 0 Å². The minimum Gasteiger partial charge on any atom is -0.496 e. The first-order valence-electron chi connectivity index (χ1n) is 16.0. The molecule has 5 nitrogen and oxygen atoms in total. The van der Waals surface area contributed by atoms with Crippen LogP contribution in [0.25, 0.3) is 0 Å². The predicted molar refractivity (Wildman–Crippen MR) is 172 cm³/mol. The fourth-order valence-electron chi connectivity index (χ4n) is 7.57. The zero-order valence-electron chi connectivity index (χ0n) is 26.1. The normalized spacial score (nSPS) is 23.4. The molecule has 1 unspecified atom stereocenters. The van der Waals surface area contributed by atoms with Crippen molar-refractivity contribution in [2.45, 2.75) is 71.0 Å². The summed E-state index contributed by atoms with van der Waals surface area (Å²) in [4.78, 5) is 18.0. The van der Waals surface area contributed by atoms with E-state index in [1.54, 1.807) is 7.11 Å². The van der Waals surface area contributed by atoms with E-state index >= 15 is 0 Å². The number of methoxy groups -OCH3 is 1. The van der Waals surface area contributed by atoms with Gasteiger partial charge >= 0.3 is 0 Å². The van der Waals surface area contributed by atoms with Crippen molar-refractivity contribution in [3.05, 3.63) is 101 Å². The second-order valence-electron chi connectivity index (χ2n) is 12.4. The Balaban J connectivity index is 1.52. The molecular formula is C37H49N3O2. The van der Waals surface area contributed by atoms with Crippen LogP contribution in [-0.4, -0.2) is 61.1 Å².